The van der Waals surface area contributed by atoms with E-state index in [9.17, 15) is 0 Å². The first-order valence-corrected chi connectivity index (χ1v) is 6.00. The first-order valence-electron chi connectivity index (χ1n) is 6.00. The molecule has 0 fully saturated rings. The average molecular weight is 245 g/mol. The van der Waals surface area contributed by atoms with Crippen LogP contribution in [0.15, 0.2) is 39.7 Å². The normalized spacial score (nSPS) is 12.9. The molecule has 1 aromatic carbocycles. The van der Waals surface area contributed by atoms with Crippen LogP contribution in [-0.2, 0) is 6.54 Å². The molecule has 0 bridgehead atoms. The van der Waals surface area contributed by atoms with Crippen LogP contribution in [0.1, 0.15) is 26.5 Å². The zero-order valence-electron chi connectivity index (χ0n) is 11.0. The van der Waals surface area contributed by atoms with Gasteiger partial charge in [-0.15, -0.1) is 0 Å². The predicted molar refractivity (Wildman–Crippen MR) is 74.4 cm³/mol. The summed E-state index contributed by atoms with van der Waals surface area (Å²) in [4.78, 5) is 4.26. The Morgan fingerprint density at radius 1 is 1.33 bits per heavy atom. The van der Waals surface area contributed by atoms with Crippen LogP contribution in [-0.4, -0.2) is 11.5 Å². The largest absolute Gasteiger partial charge is 0.459 e. The van der Waals surface area contributed by atoms with Crippen molar-refractivity contribution in [2.75, 3.05) is 0 Å². The number of fused-ring (bicyclic) bond motifs is 1. The van der Waals surface area contributed by atoms with Gasteiger partial charge in [-0.3, -0.25) is 0 Å². The van der Waals surface area contributed by atoms with Crippen molar-refractivity contribution in [2.45, 2.75) is 32.9 Å². The molecule has 96 valence electrons. The van der Waals surface area contributed by atoms with E-state index in [1.165, 1.54) is 0 Å². The summed E-state index contributed by atoms with van der Waals surface area (Å²) in [6, 6.07) is 9.89. The van der Waals surface area contributed by atoms with Crippen LogP contribution in [0.4, 0.5) is 0 Å². The molecule has 0 aliphatic rings. The van der Waals surface area contributed by atoms with Gasteiger partial charge in [-0.2, -0.15) is 0 Å². The van der Waals surface area contributed by atoms with Gasteiger partial charge >= 0.3 is 0 Å². The minimum Gasteiger partial charge on any atom is -0.459 e. The zero-order valence-corrected chi connectivity index (χ0v) is 11.0. The third-order valence-electron chi connectivity index (χ3n) is 2.38. The van der Waals surface area contributed by atoms with E-state index in [4.69, 9.17) is 10.2 Å². The molecule has 1 aromatic heterocycles. The minimum atomic E-state index is -0.0819. The Morgan fingerprint density at radius 3 is 2.72 bits per heavy atom. The fourth-order valence-electron chi connectivity index (χ4n) is 1.70. The van der Waals surface area contributed by atoms with E-state index in [-0.39, 0.29) is 5.54 Å². The van der Waals surface area contributed by atoms with Gasteiger partial charge in [-0.05, 0) is 32.9 Å². The molecule has 0 amide bonds. The van der Waals surface area contributed by atoms with E-state index >= 15 is 0 Å². The van der Waals surface area contributed by atoms with Crippen molar-refractivity contribution in [3.05, 3.63) is 36.1 Å². The Morgan fingerprint density at radius 2 is 2.06 bits per heavy atom. The van der Waals surface area contributed by atoms with Gasteiger partial charge in [0.1, 0.15) is 17.9 Å². The molecule has 3 N–H and O–H groups in total. The number of aliphatic imine (C=N–C) groups is 1. The second-order valence-electron chi connectivity index (χ2n) is 5.33. The molecule has 4 nitrogen and oxygen atoms in total. The Hall–Kier alpha value is -1.97. The molecule has 2 aromatic rings. The van der Waals surface area contributed by atoms with Crippen molar-refractivity contribution in [1.29, 1.82) is 0 Å². The summed E-state index contributed by atoms with van der Waals surface area (Å²) in [5.74, 6) is 1.25. The SMILES string of the molecule is CC(C)(C)NC(N)=NCc1cc2ccccc2o1. The van der Waals surface area contributed by atoms with Crippen molar-refractivity contribution in [3.8, 4) is 0 Å². The molecule has 0 saturated heterocycles. The van der Waals surface area contributed by atoms with Crippen molar-refractivity contribution < 1.29 is 4.42 Å². The summed E-state index contributed by atoms with van der Waals surface area (Å²) in [5.41, 5.74) is 6.60. The Balaban J connectivity index is 2.07. The van der Waals surface area contributed by atoms with Gasteiger partial charge in [0.15, 0.2) is 5.96 Å². The second-order valence-corrected chi connectivity index (χ2v) is 5.33. The molecule has 0 atom stereocenters. The van der Waals surface area contributed by atoms with Crippen LogP contribution in [0, 0.1) is 0 Å². The average Bonchev–Trinajstić information content (AvgIpc) is 2.66. The number of benzene rings is 1. The molecule has 0 aliphatic heterocycles. The predicted octanol–water partition coefficient (Wildman–Crippen LogP) is 2.64. The fraction of sp³-hybridized carbons (Fsp3) is 0.357. The standard InChI is InChI=1S/C14H19N3O/c1-14(2,3)17-13(15)16-9-11-8-10-6-4-5-7-12(10)18-11/h4-8H,9H2,1-3H3,(H3,15,16,17). The van der Waals surface area contributed by atoms with Crippen molar-refractivity contribution >= 4 is 16.9 Å². The number of nitrogens with one attached hydrogen (secondary N) is 1. The Bertz CT molecular complexity index is 531. The van der Waals surface area contributed by atoms with Crippen molar-refractivity contribution in [2.24, 2.45) is 10.7 Å². The van der Waals surface area contributed by atoms with E-state index in [0.29, 0.717) is 12.5 Å². The van der Waals surface area contributed by atoms with Crippen LogP contribution in [0.5, 0.6) is 0 Å². The van der Waals surface area contributed by atoms with Gasteiger partial charge in [-0.1, -0.05) is 18.2 Å². The van der Waals surface area contributed by atoms with Gasteiger partial charge in [0.2, 0.25) is 0 Å². The molecule has 0 unspecified atom stereocenters. The van der Waals surface area contributed by atoms with E-state index in [2.05, 4.69) is 10.3 Å². The van der Waals surface area contributed by atoms with Gasteiger partial charge in [0.05, 0.1) is 0 Å². The zero-order chi connectivity index (χ0) is 13.2. The highest BCUT2D eigenvalue weighted by atomic mass is 16.3. The van der Waals surface area contributed by atoms with Gasteiger partial charge < -0.3 is 15.5 Å². The van der Waals surface area contributed by atoms with E-state index in [1.807, 2.05) is 51.1 Å². The van der Waals surface area contributed by atoms with Crippen LogP contribution < -0.4 is 11.1 Å². The maximum atomic E-state index is 5.80. The number of guanidine groups is 1. The van der Waals surface area contributed by atoms with Crippen molar-refractivity contribution in [3.63, 3.8) is 0 Å². The summed E-state index contributed by atoms with van der Waals surface area (Å²) < 4.78 is 5.66. The van der Waals surface area contributed by atoms with E-state index in [0.717, 1.165) is 16.7 Å². The quantitative estimate of drug-likeness (QED) is 0.631. The van der Waals surface area contributed by atoms with Crippen molar-refractivity contribution in [1.82, 2.24) is 5.32 Å². The summed E-state index contributed by atoms with van der Waals surface area (Å²) in [7, 11) is 0. The first-order chi connectivity index (χ1) is 8.44. The molecule has 0 radical (unpaired) electrons. The number of para-hydroxylation sites is 1. The highest BCUT2D eigenvalue weighted by molar-refractivity contribution is 5.79. The highest BCUT2D eigenvalue weighted by Crippen LogP contribution is 2.19. The summed E-state index contributed by atoms with van der Waals surface area (Å²) in [6.45, 7) is 6.56. The van der Waals surface area contributed by atoms with Crippen LogP contribution >= 0.6 is 0 Å². The highest BCUT2D eigenvalue weighted by Gasteiger charge is 2.10. The third kappa shape index (κ3) is 3.26. The van der Waals surface area contributed by atoms with Crippen LogP contribution in [0.3, 0.4) is 0 Å². The number of nitrogens with two attached hydrogens (primary N) is 1. The molecule has 0 spiro atoms. The number of hydrogen-bond acceptors (Lipinski definition) is 2. The molecule has 0 aliphatic carbocycles. The molecule has 0 saturated carbocycles. The Kier molecular flexibility index (Phi) is 3.28. The topological polar surface area (TPSA) is 63.5 Å². The van der Waals surface area contributed by atoms with E-state index < -0.39 is 0 Å². The third-order valence-corrected chi connectivity index (χ3v) is 2.38. The number of nitrogens with zero attached hydrogens (tertiary/aromatic N) is 1. The number of furan rings is 1. The number of hydrogen-bond donors (Lipinski definition) is 2. The lowest BCUT2D eigenvalue weighted by Gasteiger charge is -2.20. The first kappa shape index (κ1) is 12.5. The van der Waals surface area contributed by atoms with Gasteiger partial charge in [0.25, 0.3) is 0 Å². The smallest absolute Gasteiger partial charge is 0.189 e. The number of rotatable bonds is 2. The van der Waals surface area contributed by atoms with E-state index in [1.54, 1.807) is 0 Å². The molecular formula is C14H19N3O. The minimum absolute atomic E-state index is 0.0819. The van der Waals surface area contributed by atoms with Gasteiger partial charge in [0, 0.05) is 10.9 Å². The molecule has 4 heteroatoms. The van der Waals surface area contributed by atoms with Crippen LogP contribution in [0.2, 0.25) is 0 Å². The summed E-state index contributed by atoms with van der Waals surface area (Å²) >= 11 is 0. The molecular weight excluding hydrogens is 226 g/mol. The lowest BCUT2D eigenvalue weighted by Crippen LogP contribution is -2.44. The lowest BCUT2D eigenvalue weighted by molar-refractivity contribution is 0.505. The molecule has 2 rings (SSSR count). The Labute approximate surface area is 107 Å². The molecule has 18 heavy (non-hydrogen) atoms. The summed E-state index contributed by atoms with van der Waals surface area (Å²) in [5, 5.41) is 4.20. The monoisotopic (exact) mass is 245 g/mol. The lowest BCUT2D eigenvalue weighted by atomic mass is 10.1. The van der Waals surface area contributed by atoms with Crippen LogP contribution in [0.25, 0.3) is 11.0 Å². The van der Waals surface area contributed by atoms with Gasteiger partial charge in [-0.25, -0.2) is 4.99 Å². The molecule has 1 heterocycles. The second kappa shape index (κ2) is 4.72. The summed E-state index contributed by atoms with van der Waals surface area (Å²) in [6.07, 6.45) is 0. The fourth-order valence-corrected chi connectivity index (χ4v) is 1.70. The maximum absolute atomic E-state index is 5.80. The maximum Gasteiger partial charge on any atom is 0.189 e.